The van der Waals surface area contributed by atoms with Gasteiger partial charge in [-0.05, 0) is 37.5 Å². The molecule has 0 amide bonds. The molecule has 0 aliphatic rings. The summed E-state index contributed by atoms with van der Waals surface area (Å²) < 4.78 is 10.7. The highest BCUT2D eigenvalue weighted by Crippen LogP contribution is 2.15. The van der Waals surface area contributed by atoms with Gasteiger partial charge >= 0.3 is 0 Å². The molecule has 20 heavy (non-hydrogen) atoms. The fourth-order valence-electron chi connectivity index (χ4n) is 1.88. The first-order valence-corrected chi connectivity index (χ1v) is 6.88. The van der Waals surface area contributed by atoms with Crippen molar-refractivity contribution in [3.63, 3.8) is 0 Å². The van der Waals surface area contributed by atoms with Crippen LogP contribution in [0.15, 0.2) is 28.8 Å². The topological polar surface area (TPSA) is 68.4 Å². The third-order valence-corrected chi connectivity index (χ3v) is 2.80. The highest BCUT2D eigenvalue weighted by atomic mass is 16.5. The number of rotatable bonds is 7. The zero-order chi connectivity index (χ0) is 14.4. The lowest BCUT2D eigenvalue weighted by Gasteiger charge is -2.06. The number of nitrogens with zero attached hydrogens (tertiary/aromatic N) is 2. The molecule has 1 unspecified atom stereocenters. The van der Waals surface area contributed by atoms with E-state index >= 15 is 0 Å². The number of aryl methyl sites for hydroxylation is 1. The number of ether oxygens (including phenoxy) is 1. The Kier molecular flexibility index (Phi) is 5.12. The largest absolute Gasteiger partial charge is 0.484 e. The van der Waals surface area contributed by atoms with E-state index in [0.29, 0.717) is 12.3 Å². The van der Waals surface area contributed by atoms with Crippen LogP contribution in [0.3, 0.4) is 0 Å². The van der Waals surface area contributed by atoms with Gasteiger partial charge in [-0.2, -0.15) is 4.98 Å². The fourth-order valence-corrected chi connectivity index (χ4v) is 1.88. The molecule has 0 fully saturated rings. The van der Waals surface area contributed by atoms with Gasteiger partial charge in [0, 0.05) is 6.42 Å². The Bertz CT molecular complexity index is 520. The molecule has 0 spiro atoms. The summed E-state index contributed by atoms with van der Waals surface area (Å²) in [6, 6.07) is 7.64. The van der Waals surface area contributed by atoms with Crippen LogP contribution in [0.5, 0.6) is 5.75 Å². The van der Waals surface area contributed by atoms with E-state index in [0.717, 1.165) is 30.0 Å². The molecule has 1 heterocycles. The summed E-state index contributed by atoms with van der Waals surface area (Å²) in [6.07, 6.45) is 2.11. The van der Waals surface area contributed by atoms with Crippen LogP contribution in [0.1, 0.15) is 37.5 Å². The second-order valence-electron chi connectivity index (χ2n) is 4.84. The fraction of sp³-hybridized carbons (Fsp3) is 0.467. The average Bonchev–Trinajstić information content (AvgIpc) is 2.86. The van der Waals surface area contributed by atoms with Crippen molar-refractivity contribution in [3.8, 4) is 5.75 Å². The molecule has 1 atom stereocenters. The highest BCUT2D eigenvalue weighted by molar-refractivity contribution is 5.27. The molecular formula is C15H20N2O3. The summed E-state index contributed by atoms with van der Waals surface area (Å²) in [4.78, 5) is 4.24. The minimum absolute atomic E-state index is 0.270. The molecule has 0 saturated carbocycles. The zero-order valence-electron chi connectivity index (χ0n) is 11.9. The van der Waals surface area contributed by atoms with Crippen LogP contribution in [-0.2, 0) is 19.4 Å². The van der Waals surface area contributed by atoms with E-state index < -0.39 is 0 Å². The van der Waals surface area contributed by atoms with E-state index in [-0.39, 0.29) is 12.7 Å². The Balaban J connectivity index is 1.86. The van der Waals surface area contributed by atoms with Crippen molar-refractivity contribution in [1.82, 2.24) is 10.1 Å². The van der Waals surface area contributed by atoms with Gasteiger partial charge in [0.1, 0.15) is 5.75 Å². The minimum atomic E-state index is -0.336. The maximum atomic E-state index is 9.31. The first-order chi connectivity index (χ1) is 9.67. The van der Waals surface area contributed by atoms with E-state index in [1.807, 2.05) is 24.3 Å². The van der Waals surface area contributed by atoms with Gasteiger partial charge in [0.05, 0.1) is 6.10 Å². The first kappa shape index (κ1) is 14.5. The predicted octanol–water partition coefficient (Wildman–Crippen LogP) is 2.52. The van der Waals surface area contributed by atoms with Gasteiger partial charge in [0.25, 0.3) is 5.89 Å². The number of aromatic nitrogens is 2. The minimum Gasteiger partial charge on any atom is -0.484 e. The second-order valence-corrected chi connectivity index (χ2v) is 4.84. The summed E-state index contributed by atoms with van der Waals surface area (Å²) in [5, 5.41) is 13.2. The van der Waals surface area contributed by atoms with E-state index in [1.165, 1.54) is 0 Å². The number of hydrogen-bond donors (Lipinski definition) is 1. The zero-order valence-corrected chi connectivity index (χ0v) is 11.9. The molecule has 0 aliphatic heterocycles. The SMILES string of the molecule is CCCc1noc(COc2ccc(CC(C)O)cc2)n1. The van der Waals surface area contributed by atoms with Crippen LogP contribution >= 0.6 is 0 Å². The lowest BCUT2D eigenvalue weighted by molar-refractivity contribution is 0.195. The van der Waals surface area contributed by atoms with Crippen LogP contribution in [0.2, 0.25) is 0 Å². The molecule has 0 radical (unpaired) electrons. The predicted molar refractivity (Wildman–Crippen MR) is 74.5 cm³/mol. The van der Waals surface area contributed by atoms with Crippen molar-refractivity contribution >= 4 is 0 Å². The highest BCUT2D eigenvalue weighted by Gasteiger charge is 2.06. The van der Waals surface area contributed by atoms with Gasteiger partial charge in [-0.1, -0.05) is 24.2 Å². The van der Waals surface area contributed by atoms with Crippen molar-refractivity contribution in [1.29, 1.82) is 0 Å². The normalized spacial score (nSPS) is 12.3. The van der Waals surface area contributed by atoms with Crippen molar-refractivity contribution in [2.75, 3.05) is 0 Å². The Morgan fingerprint density at radius 1 is 1.30 bits per heavy atom. The first-order valence-electron chi connectivity index (χ1n) is 6.88. The van der Waals surface area contributed by atoms with Crippen molar-refractivity contribution in [2.45, 2.75) is 45.8 Å². The number of aliphatic hydroxyl groups excluding tert-OH is 1. The van der Waals surface area contributed by atoms with E-state index in [1.54, 1.807) is 6.92 Å². The van der Waals surface area contributed by atoms with Gasteiger partial charge in [0.15, 0.2) is 12.4 Å². The van der Waals surface area contributed by atoms with E-state index in [2.05, 4.69) is 17.1 Å². The summed E-state index contributed by atoms with van der Waals surface area (Å²) in [6.45, 7) is 4.11. The van der Waals surface area contributed by atoms with Crippen LogP contribution in [0.4, 0.5) is 0 Å². The quantitative estimate of drug-likeness (QED) is 0.841. The molecule has 1 N–H and O–H groups in total. The Morgan fingerprint density at radius 2 is 2.05 bits per heavy atom. The molecule has 5 nitrogen and oxygen atoms in total. The van der Waals surface area contributed by atoms with Gasteiger partial charge in [-0.25, -0.2) is 0 Å². The van der Waals surface area contributed by atoms with Gasteiger partial charge in [0.2, 0.25) is 0 Å². The summed E-state index contributed by atoms with van der Waals surface area (Å²) in [7, 11) is 0. The summed E-state index contributed by atoms with van der Waals surface area (Å²) >= 11 is 0. The van der Waals surface area contributed by atoms with Crippen molar-refractivity contribution < 1.29 is 14.4 Å². The molecule has 108 valence electrons. The molecule has 2 rings (SSSR count). The standard InChI is InChI=1S/C15H20N2O3/c1-3-4-14-16-15(20-17-14)10-19-13-7-5-12(6-8-13)9-11(2)18/h5-8,11,18H,3-4,9-10H2,1-2H3. The van der Waals surface area contributed by atoms with Crippen LogP contribution in [-0.4, -0.2) is 21.4 Å². The molecule has 0 bridgehead atoms. The van der Waals surface area contributed by atoms with Gasteiger partial charge in [-0.3, -0.25) is 0 Å². The number of benzene rings is 1. The summed E-state index contributed by atoms with van der Waals surface area (Å²) in [5.41, 5.74) is 1.08. The van der Waals surface area contributed by atoms with E-state index in [4.69, 9.17) is 9.26 Å². The average molecular weight is 276 g/mol. The van der Waals surface area contributed by atoms with Crippen LogP contribution in [0.25, 0.3) is 0 Å². The number of hydrogen-bond acceptors (Lipinski definition) is 5. The lowest BCUT2D eigenvalue weighted by atomic mass is 10.1. The second kappa shape index (κ2) is 7.05. The van der Waals surface area contributed by atoms with Crippen molar-refractivity contribution in [3.05, 3.63) is 41.5 Å². The van der Waals surface area contributed by atoms with E-state index in [9.17, 15) is 5.11 Å². The summed E-state index contributed by atoms with van der Waals surface area (Å²) in [5.74, 6) is 1.95. The maximum Gasteiger partial charge on any atom is 0.264 e. The molecule has 2 aromatic rings. The molecule has 5 heteroatoms. The Labute approximate surface area is 118 Å². The molecule has 0 saturated heterocycles. The third kappa shape index (κ3) is 4.35. The smallest absolute Gasteiger partial charge is 0.264 e. The molecule has 0 aliphatic carbocycles. The monoisotopic (exact) mass is 276 g/mol. The molecule has 1 aromatic carbocycles. The molecule has 1 aromatic heterocycles. The van der Waals surface area contributed by atoms with Gasteiger partial charge in [-0.15, -0.1) is 0 Å². The Hall–Kier alpha value is -1.88. The number of aliphatic hydroxyl groups is 1. The third-order valence-electron chi connectivity index (χ3n) is 2.80. The van der Waals surface area contributed by atoms with Gasteiger partial charge < -0.3 is 14.4 Å². The van der Waals surface area contributed by atoms with Crippen LogP contribution in [0, 0.1) is 0 Å². The molecular weight excluding hydrogens is 256 g/mol. The maximum absolute atomic E-state index is 9.31. The van der Waals surface area contributed by atoms with Crippen LogP contribution < -0.4 is 4.74 Å². The lowest BCUT2D eigenvalue weighted by Crippen LogP contribution is -2.04. The van der Waals surface area contributed by atoms with Crippen molar-refractivity contribution in [2.24, 2.45) is 0 Å². The Morgan fingerprint density at radius 3 is 2.70 bits per heavy atom.